The lowest BCUT2D eigenvalue weighted by molar-refractivity contribution is 0.102. The molecule has 1 radical (unpaired) electrons. The summed E-state index contributed by atoms with van der Waals surface area (Å²) in [4.78, 5) is 12.3. The van der Waals surface area contributed by atoms with Gasteiger partial charge in [-0.1, -0.05) is 66.7 Å². The molecule has 0 saturated heterocycles. The Morgan fingerprint density at radius 1 is 0.810 bits per heavy atom. The summed E-state index contributed by atoms with van der Waals surface area (Å²) < 4.78 is 0. The molecule has 2 nitrogen and oxygen atoms in total. The van der Waals surface area contributed by atoms with Gasteiger partial charge in [-0.25, -0.2) is 0 Å². The van der Waals surface area contributed by atoms with E-state index in [9.17, 15) is 4.79 Å². The molecule has 0 aliphatic rings. The van der Waals surface area contributed by atoms with Crippen LogP contribution in [-0.4, -0.2) is 5.91 Å². The van der Waals surface area contributed by atoms with Crippen molar-refractivity contribution in [2.24, 2.45) is 0 Å². The van der Waals surface area contributed by atoms with Gasteiger partial charge >= 0.3 is 0 Å². The Morgan fingerprint density at radius 2 is 1.48 bits per heavy atom. The predicted octanol–water partition coefficient (Wildman–Crippen LogP) is 4.41. The summed E-state index contributed by atoms with van der Waals surface area (Å²) in [5.41, 5.74) is 3.34. The van der Waals surface area contributed by atoms with Gasteiger partial charge in [-0.3, -0.25) is 4.79 Å². The van der Waals surface area contributed by atoms with Gasteiger partial charge in [0.1, 0.15) is 0 Å². The van der Waals surface area contributed by atoms with E-state index in [1.54, 1.807) is 18.2 Å². The van der Waals surface area contributed by atoms with Crippen molar-refractivity contribution in [1.82, 2.24) is 0 Å². The number of anilines is 1. The second-order valence-corrected chi connectivity index (χ2v) is 4.64. The maximum atomic E-state index is 12.3. The zero-order chi connectivity index (χ0) is 14.5. The molecule has 0 fully saturated rings. The number of amides is 1. The smallest absolute Gasteiger partial charge is 0.255 e. The summed E-state index contributed by atoms with van der Waals surface area (Å²) in [7, 11) is 0. The molecule has 0 aliphatic heterocycles. The van der Waals surface area contributed by atoms with Gasteiger partial charge in [-0.05, 0) is 17.7 Å². The molecule has 2 heteroatoms. The lowest BCUT2D eigenvalue weighted by Crippen LogP contribution is -2.12. The lowest BCUT2D eigenvalue weighted by atomic mass is 10.0. The maximum absolute atomic E-state index is 12.3. The summed E-state index contributed by atoms with van der Waals surface area (Å²) >= 11 is 0. The molecular weight excluding hydrogens is 258 g/mol. The zero-order valence-corrected chi connectivity index (χ0v) is 11.4. The monoisotopic (exact) mass is 272 g/mol. The van der Waals surface area contributed by atoms with E-state index in [0.29, 0.717) is 11.3 Å². The van der Waals surface area contributed by atoms with Crippen molar-refractivity contribution >= 4 is 11.6 Å². The highest BCUT2D eigenvalue weighted by atomic mass is 16.1. The number of carbonyl (C=O) groups is 1. The molecule has 0 bridgehead atoms. The quantitative estimate of drug-likeness (QED) is 0.752. The highest BCUT2D eigenvalue weighted by Crippen LogP contribution is 2.27. The van der Waals surface area contributed by atoms with Crippen LogP contribution in [0.15, 0.2) is 78.9 Å². The SMILES string of the molecule is O=C(Nc1[c]cccc1-c1ccccc1)c1ccccc1. The van der Waals surface area contributed by atoms with E-state index in [4.69, 9.17) is 0 Å². The molecule has 0 spiro atoms. The van der Waals surface area contributed by atoms with Crippen molar-refractivity contribution in [3.05, 3.63) is 90.5 Å². The van der Waals surface area contributed by atoms with E-state index in [2.05, 4.69) is 11.4 Å². The number of nitrogens with one attached hydrogen (secondary N) is 1. The molecule has 3 rings (SSSR count). The Balaban J connectivity index is 1.92. The highest BCUT2D eigenvalue weighted by Gasteiger charge is 2.09. The molecule has 0 heterocycles. The van der Waals surface area contributed by atoms with E-state index >= 15 is 0 Å². The molecule has 0 aliphatic carbocycles. The minimum absolute atomic E-state index is 0.129. The first-order valence-corrected chi connectivity index (χ1v) is 6.77. The van der Waals surface area contributed by atoms with Gasteiger partial charge in [0.05, 0.1) is 5.69 Å². The topological polar surface area (TPSA) is 29.1 Å². The van der Waals surface area contributed by atoms with E-state index in [0.717, 1.165) is 11.1 Å². The Bertz CT molecular complexity index is 736. The summed E-state index contributed by atoms with van der Waals surface area (Å²) in [5, 5.41) is 2.93. The molecule has 0 aromatic heterocycles. The first-order chi connectivity index (χ1) is 10.3. The second kappa shape index (κ2) is 6.06. The Labute approximate surface area is 124 Å². The van der Waals surface area contributed by atoms with Gasteiger partial charge in [0.15, 0.2) is 0 Å². The molecule has 0 saturated carbocycles. The Kier molecular flexibility index (Phi) is 3.79. The zero-order valence-electron chi connectivity index (χ0n) is 11.4. The first-order valence-electron chi connectivity index (χ1n) is 6.77. The summed E-state index contributed by atoms with van der Waals surface area (Å²) in [5.74, 6) is -0.129. The number of benzene rings is 3. The third-order valence-corrected chi connectivity index (χ3v) is 3.22. The third-order valence-electron chi connectivity index (χ3n) is 3.22. The number of carbonyl (C=O) groups excluding carboxylic acids is 1. The van der Waals surface area contributed by atoms with Crippen LogP contribution in [0.2, 0.25) is 0 Å². The normalized spacial score (nSPS) is 10.1. The van der Waals surface area contributed by atoms with E-state index in [1.807, 2.05) is 60.7 Å². The van der Waals surface area contributed by atoms with Gasteiger partial charge < -0.3 is 5.32 Å². The average molecular weight is 272 g/mol. The molecule has 1 amide bonds. The van der Waals surface area contributed by atoms with Crippen LogP contribution in [0.4, 0.5) is 5.69 Å². The standard InChI is InChI=1S/C19H14NO/c21-19(16-11-5-2-6-12-16)20-18-14-8-7-13-17(18)15-9-3-1-4-10-15/h1-13H,(H,20,21). The number of rotatable bonds is 3. The van der Waals surface area contributed by atoms with Crippen LogP contribution >= 0.6 is 0 Å². The number of para-hydroxylation sites is 1. The van der Waals surface area contributed by atoms with E-state index in [1.165, 1.54) is 0 Å². The van der Waals surface area contributed by atoms with Crippen molar-refractivity contribution in [3.63, 3.8) is 0 Å². The average Bonchev–Trinajstić information content (AvgIpc) is 2.57. The highest BCUT2D eigenvalue weighted by molar-refractivity contribution is 6.06. The largest absolute Gasteiger partial charge is 0.321 e. The van der Waals surface area contributed by atoms with Crippen molar-refractivity contribution in [2.75, 3.05) is 5.32 Å². The van der Waals surface area contributed by atoms with Crippen molar-refractivity contribution in [1.29, 1.82) is 0 Å². The van der Waals surface area contributed by atoms with Gasteiger partial charge in [0.25, 0.3) is 5.91 Å². The fourth-order valence-corrected chi connectivity index (χ4v) is 2.17. The van der Waals surface area contributed by atoms with Crippen LogP contribution in [0, 0.1) is 6.07 Å². The van der Waals surface area contributed by atoms with Crippen molar-refractivity contribution in [2.45, 2.75) is 0 Å². The van der Waals surface area contributed by atoms with Gasteiger partial charge in [0, 0.05) is 17.2 Å². The summed E-state index contributed by atoms with van der Waals surface area (Å²) in [6.07, 6.45) is 0. The molecule has 0 unspecified atom stereocenters. The molecule has 101 valence electrons. The number of hydrogen-bond acceptors (Lipinski definition) is 1. The lowest BCUT2D eigenvalue weighted by Gasteiger charge is -2.11. The predicted molar refractivity (Wildman–Crippen MR) is 85.1 cm³/mol. The third kappa shape index (κ3) is 3.00. The molecule has 21 heavy (non-hydrogen) atoms. The minimum Gasteiger partial charge on any atom is -0.321 e. The second-order valence-electron chi connectivity index (χ2n) is 4.64. The van der Waals surface area contributed by atoms with Crippen LogP contribution in [0.25, 0.3) is 11.1 Å². The minimum atomic E-state index is -0.129. The van der Waals surface area contributed by atoms with Crippen LogP contribution < -0.4 is 5.32 Å². The van der Waals surface area contributed by atoms with Crippen molar-refractivity contribution < 1.29 is 4.79 Å². The molecular formula is C19H14NO. The van der Waals surface area contributed by atoms with Crippen LogP contribution in [0.3, 0.4) is 0 Å². The van der Waals surface area contributed by atoms with Gasteiger partial charge in [-0.2, -0.15) is 0 Å². The van der Waals surface area contributed by atoms with E-state index in [-0.39, 0.29) is 5.91 Å². The van der Waals surface area contributed by atoms with Crippen LogP contribution in [0.1, 0.15) is 10.4 Å². The molecule has 3 aromatic carbocycles. The van der Waals surface area contributed by atoms with Gasteiger partial charge in [0.2, 0.25) is 0 Å². The molecule has 0 atom stereocenters. The summed E-state index contributed by atoms with van der Waals surface area (Å²) in [6.45, 7) is 0. The van der Waals surface area contributed by atoms with Crippen LogP contribution in [-0.2, 0) is 0 Å². The van der Waals surface area contributed by atoms with Crippen LogP contribution in [0.5, 0.6) is 0 Å². The Hall–Kier alpha value is -2.87. The summed E-state index contributed by atoms with van der Waals surface area (Å²) in [6, 6.07) is 27.9. The molecule has 3 aromatic rings. The first kappa shape index (κ1) is 13.1. The van der Waals surface area contributed by atoms with Crippen molar-refractivity contribution in [3.8, 4) is 11.1 Å². The fourth-order valence-electron chi connectivity index (χ4n) is 2.17. The Morgan fingerprint density at radius 3 is 2.19 bits per heavy atom. The van der Waals surface area contributed by atoms with Gasteiger partial charge in [-0.15, -0.1) is 0 Å². The maximum Gasteiger partial charge on any atom is 0.255 e. The number of hydrogen-bond donors (Lipinski definition) is 1. The van der Waals surface area contributed by atoms with E-state index < -0.39 is 0 Å². The molecule has 1 N–H and O–H groups in total. The fraction of sp³-hybridized carbons (Fsp3) is 0.